The van der Waals surface area contributed by atoms with Crippen molar-refractivity contribution in [1.82, 2.24) is 9.80 Å². The number of hydrogen-bond acceptors (Lipinski definition) is 3. The summed E-state index contributed by atoms with van der Waals surface area (Å²) in [4.78, 5) is 27.6. The Kier molecular flexibility index (Phi) is 8.87. The summed E-state index contributed by atoms with van der Waals surface area (Å²) >= 11 is 0. The van der Waals surface area contributed by atoms with Gasteiger partial charge in [0.15, 0.2) is 0 Å². The Balaban J connectivity index is 0.00000484. The number of nitrogens with zero attached hydrogens (tertiary/aromatic N) is 2. The molecule has 0 bridgehead atoms. The minimum absolute atomic E-state index is 0. The summed E-state index contributed by atoms with van der Waals surface area (Å²) in [6.45, 7) is 6.82. The van der Waals surface area contributed by atoms with Crippen LogP contribution in [0.2, 0.25) is 0 Å². The highest BCUT2D eigenvalue weighted by atomic mass is 35.5. The number of amides is 2. The lowest BCUT2D eigenvalue weighted by Gasteiger charge is -2.26. The van der Waals surface area contributed by atoms with E-state index in [9.17, 15) is 9.59 Å². The average molecular weight is 342 g/mol. The topological polar surface area (TPSA) is 66.6 Å². The first kappa shape index (κ1) is 21.4. The number of carbonyl (C=O) groups is 2. The highest BCUT2D eigenvalue weighted by Gasteiger charge is 2.22. The average Bonchev–Trinajstić information content (AvgIpc) is 2.50. The van der Waals surface area contributed by atoms with Crippen LogP contribution in [-0.2, 0) is 11.3 Å². The molecule has 5 nitrogen and oxygen atoms in total. The van der Waals surface area contributed by atoms with E-state index in [1.165, 1.54) is 0 Å². The third kappa shape index (κ3) is 5.84. The molecule has 2 atom stereocenters. The largest absolute Gasteiger partial charge is 0.345 e. The van der Waals surface area contributed by atoms with E-state index in [1.54, 1.807) is 36.0 Å². The molecular weight excluding hydrogens is 314 g/mol. The van der Waals surface area contributed by atoms with Crippen LogP contribution in [0, 0.1) is 5.92 Å². The van der Waals surface area contributed by atoms with Crippen LogP contribution in [0.1, 0.15) is 36.7 Å². The van der Waals surface area contributed by atoms with Gasteiger partial charge in [0.05, 0.1) is 5.92 Å². The predicted molar refractivity (Wildman–Crippen MR) is 95.6 cm³/mol. The van der Waals surface area contributed by atoms with E-state index in [2.05, 4.69) is 0 Å². The van der Waals surface area contributed by atoms with Crippen molar-refractivity contribution in [3.05, 3.63) is 35.4 Å². The van der Waals surface area contributed by atoms with Gasteiger partial charge in [-0.1, -0.05) is 19.1 Å². The second-order valence-corrected chi connectivity index (χ2v) is 5.90. The number of rotatable bonds is 6. The van der Waals surface area contributed by atoms with E-state index in [4.69, 9.17) is 5.73 Å². The van der Waals surface area contributed by atoms with Crippen molar-refractivity contribution < 1.29 is 9.59 Å². The summed E-state index contributed by atoms with van der Waals surface area (Å²) in [5.41, 5.74) is 7.46. The van der Waals surface area contributed by atoms with E-state index in [0.29, 0.717) is 18.7 Å². The molecule has 0 radical (unpaired) electrons. The van der Waals surface area contributed by atoms with Gasteiger partial charge in [-0.05, 0) is 31.5 Å². The lowest BCUT2D eigenvalue weighted by molar-refractivity contribution is -0.135. The fourth-order valence-electron chi connectivity index (χ4n) is 2.09. The normalized spacial score (nSPS) is 12.8. The summed E-state index contributed by atoms with van der Waals surface area (Å²) < 4.78 is 0. The Labute approximate surface area is 145 Å². The molecule has 130 valence electrons. The predicted octanol–water partition coefficient (Wildman–Crippen LogP) is 2.14. The molecular formula is C17H28ClN3O2. The highest BCUT2D eigenvalue weighted by molar-refractivity contribution is 5.93. The number of halogens is 1. The summed E-state index contributed by atoms with van der Waals surface area (Å²) in [7, 11) is 3.45. The Morgan fingerprint density at radius 1 is 1.13 bits per heavy atom. The molecule has 0 spiro atoms. The maximum Gasteiger partial charge on any atom is 0.253 e. The highest BCUT2D eigenvalue weighted by Crippen LogP contribution is 2.12. The number of benzene rings is 1. The molecule has 2 amide bonds. The van der Waals surface area contributed by atoms with Crippen LogP contribution >= 0.6 is 12.4 Å². The van der Waals surface area contributed by atoms with Crippen molar-refractivity contribution in [3.8, 4) is 0 Å². The lowest BCUT2D eigenvalue weighted by Crippen LogP contribution is -2.41. The van der Waals surface area contributed by atoms with Gasteiger partial charge in [0.1, 0.15) is 0 Å². The zero-order valence-corrected chi connectivity index (χ0v) is 15.4. The van der Waals surface area contributed by atoms with Gasteiger partial charge in [0, 0.05) is 38.8 Å². The molecule has 23 heavy (non-hydrogen) atoms. The van der Waals surface area contributed by atoms with Crippen LogP contribution in [0.5, 0.6) is 0 Å². The van der Waals surface area contributed by atoms with Crippen molar-refractivity contribution >= 4 is 24.2 Å². The van der Waals surface area contributed by atoms with Crippen molar-refractivity contribution in [2.75, 3.05) is 20.6 Å². The molecule has 1 aromatic carbocycles. The van der Waals surface area contributed by atoms with Crippen molar-refractivity contribution in [3.63, 3.8) is 0 Å². The van der Waals surface area contributed by atoms with Gasteiger partial charge in [-0.2, -0.15) is 0 Å². The van der Waals surface area contributed by atoms with Crippen LogP contribution in [0.4, 0.5) is 0 Å². The van der Waals surface area contributed by atoms with Crippen LogP contribution in [0.3, 0.4) is 0 Å². The molecule has 0 saturated heterocycles. The summed E-state index contributed by atoms with van der Waals surface area (Å²) in [5.74, 6) is -0.166. The molecule has 0 fully saturated rings. The number of carbonyl (C=O) groups excluding carboxylic acids is 2. The van der Waals surface area contributed by atoms with Gasteiger partial charge in [0.25, 0.3) is 5.91 Å². The lowest BCUT2D eigenvalue weighted by atomic mass is 10.0. The zero-order valence-electron chi connectivity index (χ0n) is 14.6. The van der Waals surface area contributed by atoms with Gasteiger partial charge < -0.3 is 15.5 Å². The van der Waals surface area contributed by atoms with Crippen molar-refractivity contribution in [2.45, 2.75) is 33.4 Å². The monoisotopic (exact) mass is 341 g/mol. The van der Waals surface area contributed by atoms with Crippen molar-refractivity contribution in [1.29, 1.82) is 0 Å². The third-order valence-corrected chi connectivity index (χ3v) is 3.85. The Morgan fingerprint density at radius 3 is 2.04 bits per heavy atom. The van der Waals surface area contributed by atoms with E-state index in [1.807, 2.05) is 32.9 Å². The zero-order chi connectivity index (χ0) is 16.9. The van der Waals surface area contributed by atoms with E-state index in [0.717, 1.165) is 5.56 Å². The van der Waals surface area contributed by atoms with Gasteiger partial charge >= 0.3 is 0 Å². The summed E-state index contributed by atoms with van der Waals surface area (Å²) in [6.07, 6.45) is 0. The van der Waals surface area contributed by atoms with E-state index in [-0.39, 0.29) is 36.2 Å². The van der Waals surface area contributed by atoms with E-state index < -0.39 is 0 Å². The standard InChI is InChI=1S/C17H27N3O2.ClH/c1-6-20(16(21)12(2)13(3)18)11-14-7-9-15(10-8-14)17(22)19(4)5;/h7-10,12-13H,6,11,18H2,1-5H3;1H. The minimum atomic E-state index is -0.199. The second-order valence-electron chi connectivity index (χ2n) is 5.90. The number of nitrogens with two attached hydrogens (primary N) is 1. The maximum absolute atomic E-state index is 12.4. The first-order valence-electron chi connectivity index (χ1n) is 7.62. The summed E-state index contributed by atoms with van der Waals surface area (Å²) in [5, 5.41) is 0. The van der Waals surface area contributed by atoms with Crippen molar-refractivity contribution in [2.24, 2.45) is 11.7 Å². The summed E-state index contributed by atoms with van der Waals surface area (Å²) in [6, 6.07) is 7.21. The number of hydrogen-bond donors (Lipinski definition) is 1. The first-order chi connectivity index (χ1) is 10.3. The fourth-order valence-corrected chi connectivity index (χ4v) is 2.09. The third-order valence-electron chi connectivity index (χ3n) is 3.85. The van der Waals surface area contributed by atoms with Crippen LogP contribution in [0.25, 0.3) is 0 Å². The van der Waals surface area contributed by atoms with Crippen LogP contribution in [-0.4, -0.2) is 48.3 Å². The molecule has 2 N–H and O–H groups in total. The van der Waals surface area contributed by atoms with Gasteiger partial charge in [-0.3, -0.25) is 9.59 Å². The van der Waals surface area contributed by atoms with Gasteiger partial charge in [0.2, 0.25) is 5.91 Å². The Hall–Kier alpha value is -1.59. The Bertz CT molecular complexity index is 515. The molecule has 2 unspecified atom stereocenters. The van der Waals surface area contributed by atoms with E-state index >= 15 is 0 Å². The van der Waals surface area contributed by atoms with Crippen LogP contribution in [0.15, 0.2) is 24.3 Å². The molecule has 0 aromatic heterocycles. The quantitative estimate of drug-likeness (QED) is 0.862. The molecule has 0 aliphatic rings. The van der Waals surface area contributed by atoms with Gasteiger partial charge in [-0.25, -0.2) is 0 Å². The Morgan fingerprint density at radius 2 is 1.65 bits per heavy atom. The minimum Gasteiger partial charge on any atom is -0.345 e. The molecule has 6 heteroatoms. The second kappa shape index (κ2) is 9.53. The van der Waals surface area contributed by atoms with Gasteiger partial charge in [-0.15, -0.1) is 12.4 Å². The first-order valence-corrected chi connectivity index (χ1v) is 7.62. The molecule has 0 aliphatic heterocycles. The van der Waals surface area contributed by atoms with Crippen LogP contribution < -0.4 is 5.73 Å². The molecule has 0 aliphatic carbocycles. The molecule has 0 saturated carbocycles. The SMILES string of the molecule is CCN(Cc1ccc(C(=O)N(C)C)cc1)C(=O)C(C)C(C)N.Cl. The molecule has 0 heterocycles. The molecule has 1 rings (SSSR count). The fraction of sp³-hybridized carbons (Fsp3) is 0.529. The maximum atomic E-state index is 12.4. The smallest absolute Gasteiger partial charge is 0.253 e. The molecule has 1 aromatic rings.